The van der Waals surface area contributed by atoms with Gasteiger partial charge in [-0.3, -0.25) is 9.78 Å². The van der Waals surface area contributed by atoms with Crippen LogP contribution in [0.1, 0.15) is 44.7 Å². The molecule has 1 N–H and O–H groups in total. The zero-order chi connectivity index (χ0) is 24.4. The number of rotatable bonds is 5. The van der Waals surface area contributed by atoms with Crippen LogP contribution in [0, 0.1) is 29.5 Å². The number of hydrogen-bond donors (Lipinski definition) is 1. The number of aromatic nitrogens is 1. The maximum Gasteiger partial charge on any atom is 0.407 e. The summed E-state index contributed by atoms with van der Waals surface area (Å²) in [6, 6.07) is 10.5. The topological polar surface area (TPSA) is 77.5 Å². The molecule has 2 aromatic rings. The minimum atomic E-state index is -0.360. The molecule has 1 saturated heterocycles. The van der Waals surface area contributed by atoms with Gasteiger partial charge in [-0.15, -0.1) is 0 Å². The van der Waals surface area contributed by atoms with Gasteiger partial charge in [0.2, 0.25) is 0 Å². The Balaban J connectivity index is 1.31. The maximum absolute atomic E-state index is 13.6. The molecule has 1 amide bonds. The van der Waals surface area contributed by atoms with Crippen LogP contribution in [0.3, 0.4) is 0 Å². The normalized spacial score (nSPS) is 29.8. The Morgan fingerprint density at radius 2 is 2.09 bits per heavy atom. The summed E-state index contributed by atoms with van der Waals surface area (Å²) in [6.45, 7) is 2.15. The quantitative estimate of drug-likeness (QED) is 0.584. The van der Waals surface area contributed by atoms with Crippen molar-refractivity contribution < 1.29 is 23.5 Å². The molecule has 6 atom stereocenters. The lowest BCUT2D eigenvalue weighted by Crippen LogP contribution is -2.48. The fourth-order valence-corrected chi connectivity index (χ4v) is 6.22. The molecular weight excluding hydrogens is 447 g/mol. The molecule has 3 aliphatic rings. The molecule has 1 aromatic heterocycles. The number of benzene rings is 1. The number of nitrogens with zero attached hydrogens (tertiary/aromatic N) is 1. The number of allylic oxidation sites excluding steroid dienone is 1. The number of fused-ring (bicyclic) bond motifs is 2. The van der Waals surface area contributed by atoms with E-state index in [4.69, 9.17) is 9.47 Å². The van der Waals surface area contributed by atoms with Crippen molar-refractivity contribution >= 4 is 18.1 Å². The summed E-state index contributed by atoms with van der Waals surface area (Å²) in [6.07, 6.45) is 9.64. The number of ether oxygens (including phenoxy) is 2. The number of halogens is 1. The number of hydrogen-bond acceptors (Lipinski definition) is 5. The summed E-state index contributed by atoms with van der Waals surface area (Å²) in [7, 11) is 0. The number of amides is 1. The van der Waals surface area contributed by atoms with Gasteiger partial charge in [-0.05, 0) is 80.2 Å². The summed E-state index contributed by atoms with van der Waals surface area (Å²) in [5.41, 5.74) is 2.48. The van der Waals surface area contributed by atoms with E-state index in [-0.39, 0.29) is 41.9 Å². The van der Waals surface area contributed by atoms with Gasteiger partial charge >= 0.3 is 12.1 Å². The highest BCUT2D eigenvalue weighted by Gasteiger charge is 2.50. The highest BCUT2D eigenvalue weighted by atomic mass is 19.1. The molecule has 0 spiro atoms. The van der Waals surface area contributed by atoms with Crippen LogP contribution >= 0.6 is 0 Å². The minimum Gasteiger partial charge on any atom is -0.462 e. The Bertz CT molecular complexity index is 1100. The average molecular weight is 479 g/mol. The van der Waals surface area contributed by atoms with Crippen LogP contribution in [0.15, 0.2) is 48.7 Å². The lowest BCUT2D eigenvalue weighted by molar-refractivity contribution is -0.143. The first kappa shape index (κ1) is 23.5. The van der Waals surface area contributed by atoms with Gasteiger partial charge in [-0.25, -0.2) is 9.18 Å². The first-order valence-corrected chi connectivity index (χ1v) is 12.5. The fraction of sp³-hybridized carbons (Fsp3) is 0.464. The van der Waals surface area contributed by atoms with Gasteiger partial charge in [0.25, 0.3) is 0 Å². The molecule has 2 saturated carbocycles. The molecule has 0 radical (unpaired) electrons. The number of pyridine rings is 1. The Morgan fingerprint density at radius 3 is 2.86 bits per heavy atom. The third-order valence-electron chi connectivity index (χ3n) is 7.76. The average Bonchev–Trinajstić information content (AvgIpc) is 3.22. The molecule has 5 rings (SSSR count). The van der Waals surface area contributed by atoms with Crippen LogP contribution in [0.25, 0.3) is 17.2 Å². The van der Waals surface area contributed by atoms with Crippen molar-refractivity contribution in [2.75, 3.05) is 6.61 Å². The molecule has 6 nitrogen and oxygen atoms in total. The van der Waals surface area contributed by atoms with Crippen LogP contribution in [0.2, 0.25) is 0 Å². The number of carbonyl (C=O) groups excluding carboxylic acids is 2. The lowest BCUT2D eigenvalue weighted by Gasteiger charge is -2.47. The first-order valence-electron chi connectivity index (χ1n) is 12.5. The van der Waals surface area contributed by atoms with Crippen LogP contribution in [-0.4, -0.2) is 35.8 Å². The van der Waals surface area contributed by atoms with Gasteiger partial charge < -0.3 is 14.8 Å². The van der Waals surface area contributed by atoms with Crippen molar-refractivity contribution in [2.24, 2.45) is 23.7 Å². The zero-order valence-electron chi connectivity index (χ0n) is 19.9. The van der Waals surface area contributed by atoms with E-state index in [0.29, 0.717) is 24.9 Å². The molecule has 0 bridgehead atoms. The molecule has 7 heteroatoms. The Labute approximate surface area is 204 Å². The van der Waals surface area contributed by atoms with Crippen LogP contribution in [0.4, 0.5) is 9.18 Å². The summed E-state index contributed by atoms with van der Waals surface area (Å²) < 4.78 is 24.3. The zero-order valence-corrected chi connectivity index (χ0v) is 19.9. The monoisotopic (exact) mass is 478 g/mol. The Kier molecular flexibility index (Phi) is 6.84. The van der Waals surface area contributed by atoms with E-state index < -0.39 is 0 Å². The van der Waals surface area contributed by atoms with Crippen LogP contribution in [-0.2, 0) is 14.3 Å². The molecule has 0 unspecified atom stereocenters. The molecule has 2 aliphatic carbocycles. The highest BCUT2D eigenvalue weighted by molar-refractivity contribution is 5.72. The summed E-state index contributed by atoms with van der Waals surface area (Å²) >= 11 is 0. The molecule has 184 valence electrons. The Hall–Kier alpha value is -3.22. The molecule has 3 fully saturated rings. The van der Waals surface area contributed by atoms with Gasteiger partial charge in [0.15, 0.2) is 0 Å². The lowest BCUT2D eigenvalue weighted by atomic mass is 9.59. The largest absolute Gasteiger partial charge is 0.462 e. The first-order chi connectivity index (χ1) is 17.0. The van der Waals surface area contributed by atoms with Gasteiger partial charge in [0, 0.05) is 23.7 Å². The standard InChI is InChI=1S/C28H31FN2O4/c1-2-34-28(33)31-22-9-10-23-19(13-22)14-26-25(15-27(32)35-26)24(23)11-8-21-7-6-18(16-30-21)17-4-3-5-20(29)12-17/h3-8,11-12,16,19,22-26H,2,9-10,13-15H2,1H3,(H,31,33)/b11-8+/t19-,22+,23+,24-,25-,26+/m0/s1. The second kappa shape index (κ2) is 10.2. The van der Waals surface area contributed by atoms with Gasteiger partial charge in [0.05, 0.1) is 18.7 Å². The highest BCUT2D eigenvalue weighted by Crippen LogP contribution is 2.51. The molecule has 1 aliphatic heterocycles. The van der Waals surface area contributed by atoms with E-state index in [1.54, 1.807) is 19.2 Å². The number of nitrogens with one attached hydrogen (secondary N) is 1. The van der Waals surface area contributed by atoms with E-state index in [0.717, 1.165) is 42.5 Å². The molecule has 35 heavy (non-hydrogen) atoms. The molecule has 2 heterocycles. The van der Waals surface area contributed by atoms with Crippen molar-refractivity contribution in [3.05, 3.63) is 60.2 Å². The summed E-state index contributed by atoms with van der Waals surface area (Å²) in [5, 5.41) is 3.00. The second-order valence-electron chi connectivity index (χ2n) is 9.85. The predicted molar refractivity (Wildman–Crippen MR) is 130 cm³/mol. The molecule has 1 aromatic carbocycles. The van der Waals surface area contributed by atoms with E-state index in [9.17, 15) is 14.0 Å². The van der Waals surface area contributed by atoms with Crippen molar-refractivity contribution in [2.45, 2.75) is 51.2 Å². The fourth-order valence-electron chi connectivity index (χ4n) is 6.22. The van der Waals surface area contributed by atoms with Crippen molar-refractivity contribution in [3.63, 3.8) is 0 Å². The van der Waals surface area contributed by atoms with Gasteiger partial charge in [-0.1, -0.05) is 24.3 Å². The second-order valence-corrected chi connectivity index (χ2v) is 9.85. The van der Waals surface area contributed by atoms with Crippen molar-refractivity contribution in [3.8, 4) is 11.1 Å². The summed E-state index contributed by atoms with van der Waals surface area (Å²) in [5.74, 6) is 0.832. The van der Waals surface area contributed by atoms with Crippen molar-refractivity contribution in [1.82, 2.24) is 10.3 Å². The minimum absolute atomic E-state index is 0.0666. The summed E-state index contributed by atoms with van der Waals surface area (Å²) in [4.78, 5) is 28.6. The van der Waals surface area contributed by atoms with Gasteiger partial charge in [0.1, 0.15) is 11.9 Å². The smallest absolute Gasteiger partial charge is 0.407 e. The number of alkyl carbamates (subject to hydrolysis) is 1. The predicted octanol–water partition coefficient (Wildman–Crippen LogP) is 5.38. The van der Waals surface area contributed by atoms with E-state index >= 15 is 0 Å². The third kappa shape index (κ3) is 5.24. The van der Waals surface area contributed by atoms with Crippen LogP contribution < -0.4 is 5.32 Å². The van der Waals surface area contributed by atoms with E-state index in [1.807, 2.05) is 24.3 Å². The number of carbonyl (C=O) groups is 2. The van der Waals surface area contributed by atoms with E-state index in [2.05, 4.69) is 16.4 Å². The Morgan fingerprint density at radius 1 is 1.20 bits per heavy atom. The van der Waals surface area contributed by atoms with E-state index in [1.165, 1.54) is 12.1 Å². The number of esters is 1. The maximum atomic E-state index is 13.6. The van der Waals surface area contributed by atoms with Crippen molar-refractivity contribution in [1.29, 1.82) is 0 Å². The third-order valence-corrected chi connectivity index (χ3v) is 7.76. The van der Waals surface area contributed by atoms with Crippen LogP contribution in [0.5, 0.6) is 0 Å². The SMILES string of the molecule is CCOC(=O)N[C@@H]1CC[C@@H]2[C@@H](C1)C[C@H]1OC(=O)C[C@H]1[C@H]2/C=C/c1ccc(-c2cccc(F)c2)cn1. The van der Waals surface area contributed by atoms with Gasteiger partial charge in [-0.2, -0.15) is 0 Å². The molecular formula is C28H31FN2O4.